The number of anilines is 1. The lowest BCUT2D eigenvalue weighted by Crippen LogP contribution is -2.30. The summed E-state index contributed by atoms with van der Waals surface area (Å²) in [6.45, 7) is 3.59. The van der Waals surface area contributed by atoms with Gasteiger partial charge in [-0.05, 0) is 30.7 Å². The molecule has 2 aromatic carbocycles. The molecule has 0 aliphatic rings. The molecule has 0 bridgehead atoms. The second-order valence-corrected chi connectivity index (χ2v) is 10.9. The van der Waals surface area contributed by atoms with Gasteiger partial charge >= 0.3 is 0 Å². The Kier molecular flexibility index (Phi) is 13.6. The average molecular weight is 542 g/mol. The van der Waals surface area contributed by atoms with Crippen LogP contribution in [0.5, 0.6) is 5.75 Å². The monoisotopic (exact) mass is 541 g/mol. The van der Waals surface area contributed by atoms with E-state index in [0.717, 1.165) is 24.9 Å². The molecule has 1 amide bonds. The third kappa shape index (κ3) is 10.9. The maximum absolute atomic E-state index is 13.0. The van der Waals surface area contributed by atoms with Crippen molar-refractivity contribution in [2.75, 3.05) is 11.9 Å². The molecule has 0 radical (unpaired) electrons. The van der Waals surface area contributed by atoms with E-state index in [1.165, 1.54) is 64.2 Å². The highest BCUT2D eigenvalue weighted by atomic mass is 35.5. The molecular weight excluding hydrogens is 500 g/mol. The van der Waals surface area contributed by atoms with Gasteiger partial charge in [0.2, 0.25) is 5.51 Å². The lowest BCUT2D eigenvalue weighted by atomic mass is 10.1. The summed E-state index contributed by atoms with van der Waals surface area (Å²) in [5.41, 5.74) is 4.35. The molecular formula is C31H42ClN2O2S+. The molecule has 0 unspecified atom stereocenters. The van der Waals surface area contributed by atoms with Crippen LogP contribution in [0.25, 0.3) is 0 Å². The van der Waals surface area contributed by atoms with Crippen LogP contribution in [-0.2, 0) is 6.54 Å². The van der Waals surface area contributed by atoms with E-state index in [9.17, 15) is 4.79 Å². The fourth-order valence-electron chi connectivity index (χ4n) is 4.44. The first-order chi connectivity index (χ1) is 18.2. The molecule has 0 saturated heterocycles. The van der Waals surface area contributed by atoms with Crippen molar-refractivity contribution in [3.8, 4) is 5.75 Å². The molecule has 0 saturated carbocycles. The molecule has 0 atom stereocenters. The molecule has 6 heteroatoms. The Bertz CT molecular complexity index is 1060. The highest BCUT2D eigenvalue weighted by Crippen LogP contribution is 2.33. The number of nitrogens with zero attached hydrogens (tertiary/aromatic N) is 1. The first kappa shape index (κ1) is 29.2. The number of amides is 1. The molecule has 0 fully saturated rings. The van der Waals surface area contributed by atoms with Crippen molar-refractivity contribution in [2.24, 2.45) is 0 Å². The molecule has 37 heavy (non-hydrogen) atoms. The minimum absolute atomic E-state index is 0.172. The van der Waals surface area contributed by atoms with Crippen LogP contribution in [-0.4, -0.2) is 12.5 Å². The molecule has 1 N–H and O–H groups in total. The third-order valence-electron chi connectivity index (χ3n) is 6.54. The van der Waals surface area contributed by atoms with E-state index in [-0.39, 0.29) is 5.91 Å². The Morgan fingerprint density at radius 2 is 1.59 bits per heavy atom. The molecule has 200 valence electrons. The predicted octanol–water partition coefficient (Wildman–Crippen LogP) is 9.07. The van der Waals surface area contributed by atoms with Crippen LogP contribution in [0.4, 0.5) is 5.69 Å². The molecule has 3 aromatic rings. The van der Waals surface area contributed by atoms with Crippen LogP contribution in [0.15, 0.2) is 59.6 Å². The van der Waals surface area contributed by atoms with Crippen molar-refractivity contribution < 1.29 is 14.1 Å². The molecule has 0 aliphatic heterocycles. The molecule has 3 rings (SSSR count). The summed E-state index contributed by atoms with van der Waals surface area (Å²) >= 11 is 8.08. The summed E-state index contributed by atoms with van der Waals surface area (Å²) in [6.07, 6.45) is 17.7. The number of carbonyl (C=O) groups is 1. The summed E-state index contributed by atoms with van der Waals surface area (Å²) in [6, 6.07) is 13.2. The van der Waals surface area contributed by atoms with E-state index in [0.29, 0.717) is 28.6 Å². The van der Waals surface area contributed by atoms with E-state index < -0.39 is 0 Å². The zero-order valence-corrected chi connectivity index (χ0v) is 23.8. The third-order valence-corrected chi connectivity index (χ3v) is 7.51. The summed E-state index contributed by atoms with van der Waals surface area (Å²) in [5.74, 6) is 0.375. The van der Waals surface area contributed by atoms with Gasteiger partial charge in [0.15, 0.2) is 18.5 Å². The fourth-order valence-corrected chi connectivity index (χ4v) is 5.27. The highest BCUT2D eigenvalue weighted by Gasteiger charge is 2.14. The fraction of sp³-hybridized carbons (Fsp3) is 0.484. The second kappa shape index (κ2) is 17.2. The second-order valence-electron chi connectivity index (χ2n) is 9.71. The highest BCUT2D eigenvalue weighted by molar-refractivity contribution is 7.07. The van der Waals surface area contributed by atoms with Crippen LogP contribution >= 0.6 is 22.9 Å². The van der Waals surface area contributed by atoms with Gasteiger partial charge in [-0.1, -0.05) is 119 Å². The number of benzene rings is 2. The number of carbonyl (C=O) groups excluding carboxylic acids is 1. The summed E-state index contributed by atoms with van der Waals surface area (Å²) in [5, 5.41) is 5.55. The minimum atomic E-state index is -0.172. The quantitative estimate of drug-likeness (QED) is 0.129. The first-order valence-electron chi connectivity index (χ1n) is 13.9. The summed E-state index contributed by atoms with van der Waals surface area (Å²) < 4.78 is 8.14. The number of unbranched alkanes of at least 4 members (excludes halogenated alkanes) is 11. The largest absolute Gasteiger partial charge is 0.490 e. The number of halogens is 1. The number of rotatable bonds is 18. The molecule has 0 aliphatic carbocycles. The lowest BCUT2D eigenvalue weighted by molar-refractivity contribution is -0.683. The van der Waals surface area contributed by atoms with E-state index in [2.05, 4.69) is 22.3 Å². The molecule has 4 nitrogen and oxygen atoms in total. The first-order valence-corrected chi connectivity index (χ1v) is 15.2. The maximum atomic E-state index is 13.0. The average Bonchev–Trinajstić information content (AvgIpc) is 3.41. The smallest absolute Gasteiger partial charge is 0.255 e. The van der Waals surface area contributed by atoms with Gasteiger partial charge < -0.3 is 10.1 Å². The van der Waals surface area contributed by atoms with Gasteiger partial charge in [0.25, 0.3) is 5.91 Å². The predicted molar refractivity (Wildman–Crippen MR) is 156 cm³/mol. The number of para-hydroxylation sites is 1. The summed E-state index contributed by atoms with van der Waals surface area (Å²) in [7, 11) is 0. The lowest BCUT2D eigenvalue weighted by Gasteiger charge is -2.14. The molecule has 1 aromatic heterocycles. The Morgan fingerprint density at radius 3 is 2.27 bits per heavy atom. The van der Waals surface area contributed by atoms with Crippen LogP contribution in [0, 0.1) is 0 Å². The molecule has 0 spiro atoms. The van der Waals surface area contributed by atoms with Gasteiger partial charge in [0, 0.05) is 11.1 Å². The van der Waals surface area contributed by atoms with Gasteiger partial charge in [-0.2, -0.15) is 4.57 Å². The van der Waals surface area contributed by atoms with Crippen molar-refractivity contribution in [1.29, 1.82) is 0 Å². The number of aromatic nitrogens is 1. The SMILES string of the molecule is CCCCCCCCCCCCCCOc1c(Cl)cccc1NC(=O)c1cccc(C[n+]2ccsc2)c1. The summed E-state index contributed by atoms with van der Waals surface area (Å²) in [4.78, 5) is 13.0. The van der Waals surface area contributed by atoms with Crippen molar-refractivity contribution in [1.82, 2.24) is 0 Å². The van der Waals surface area contributed by atoms with E-state index >= 15 is 0 Å². The Balaban J connectivity index is 1.39. The maximum Gasteiger partial charge on any atom is 0.255 e. The number of hydrogen-bond acceptors (Lipinski definition) is 3. The standard InChI is InChI=1S/C31H41ClN2O2S/c1-2-3-4-5-6-7-8-9-10-11-12-13-21-36-30-28(32)18-15-19-29(30)33-31(35)27-17-14-16-26(23-27)24-34-20-22-37-25-34/h14-20,22-23,25H,2-13,21,24H2,1H3/p+1. The van der Waals surface area contributed by atoms with Gasteiger partial charge in [0.05, 0.1) is 22.7 Å². The van der Waals surface area contributed by atoms with Crippen LogP contribution < -0.4 is 14.6 Å². The number of hydrogen-bond donors (Lipinski definition) is 1. The Morgan fingerprint density at radius 1 is 0.919 bits per heavy atom. The minimum Gasteiger partial charge on any atom is -0.490 e. The number of thiazole rings is 1. The van der Waals surface area contributed by atoms with E-state index in [1.54, 1.807) is 17.4 Å². The van der Waals surface area contributed by atoms with Crippen molar-refractivity contribution in [2.45, 2.75) is 90.5 Å². The Hall–Kier alpha value is -2.37. The number of nitrogens with one attached hydrogen (secondary N) is 1. The van der Waals surface area contributed by atoms with Gasteiger partial charge in [-0.15, -0.1) is 0 Å². The Labute approximate surface area is 232 Å². The van der Waals surface area contributed by atoms with Crippen molar-refractivity contribution >= 4 is 34.5 Å². The van der Waals surface area contributed by atoms with Crippen LogP contribution in [0.3, 0.4) is 0 Å². The van der Waals surface area contributed by atoms with Gasteiger partial charge in [-0.3, -0.25) is 4.79 Å². The zero-order chi connectivity index (χ0) is 26.1. The zero-order valence-electron chi connectivity index (χ0n) is 22.2. The van der Waals surface area contributed by atoms with Crippen LogP contribution in [0.1, 0.15) is 99.9 Å². The topological polar surface area (TPSA) is 42.2 Å². The van der Waals surface area contributed by atoms with E-state index in [1.807, 2.05) is 48.0 Å². The number of ether oxygens (including phenoxy) is 1. The van der Waals surface area contributed by atoms with Crippen molar-refractivity contribution in [3.05, 3.63) is 75.7 Å². The van der Waals surface area contributed by atoms with E-state index in [4.69, 9.17) is 16.3 Å². The molecule has 1 heterocycles. The van der Waals surface area contributed by atoms with Gasteiger partial charge in [0.1, 0.15) is 0 Å². The van der Waals surface area contributed by atoms with Gasteiger partial charge in [-0.25, -0.2) is 0 Å². The van der Waals surface area contributed by atoms with Crippen LogP contribution in [0.2, 0.25) is 5.02 Å². The normalized spacial score (nSPS) is 11.0. The van der Waals surface area contributed by atoms with Crippen molar-refractivity contribution in [3.63, 3.8) is 0 Å².